The summed E-state index contributed by atoms with van der Waals surface area (Å²) in [7, 11) is 0. The molecule has 0 amide bonds. The maximum Gasteiger partial charge on any atom is 0.194 e. The lowest BCUT2D eigenvalue weighted by molar-refractivity contribution is 0.375. The topological polar surface area (TPSA) is 40.5 Å². The van der Waals surface area contributed by atoms with Crippen LogP contribution in [-0.4, -0.2) is 10.2 Å². The lowest BCUT2D eigenvalue weighted by Gasteiger charge is -2.13. The Morgan fingerprint density at radius 2 is 1.53 bits per heavy atom. The Morgan fingerprint density at radius 3 is 2.11 bits per heavy atom. The maximum absolute atomic E-state index is 14.0. The van der Waals surface area contributed by atoms with Gasteiger partial charge in [0.2, 0.25) is 0 Å². The second kappa shape index (κ2) is 8.03. The van der Waals surface area contributed by atoms with Gasteiger partial charge in [0, 0.05) is 0 Å². The number of unbranched alkanes of at least 4 members (excludes halogenated alkanes) is 4. The van der Waals surface area contributed by atoms with E-state index >= 15 is 0 Å². The van der Waals surface area contributed by atoms with Crippen LogP contribution in [0.3, 0.4) is 0 Å². The number of benzene rings is 1. The van der Waals surface area contributed by atoms with Crippen molar-refractivity contribution < 1.29 is 14.6 Å². The first kappa shape index (κ1) is 15.8. The normalized spacial score (nSPS) is 10.9. The number of phenolic OH excluding ortho intramolecular Hbond substituents is 2. The standard InChI is InChI=1S/C16H25FO2/c1-3-5-7-9-12-11-14(18)16(19)15(17)13(12)10-8-6-4-2/h11,18-19H,3-10H2,1-2H3. The van der Waals surface area contributed by atoms with Crippen LogP contribution in [0.15, 0.2) is 6.07 Å². The van der Waals surface area contributed by atoms with E-state index in [0.717, 1.165) is 50.5 Å². The maximum atomic E-state index is 14.0. The molecule has 0 atom stereocenters. The van der Waals surface area contributed by atoms with Gasteiger partial charge in [-0.25, -0.2) is 4.39 Å². The molecule has 0 aliphatic rings. The van der Waals surface area contributed by atoms with Gasteiger partial charge >= 0.3 is 0 Å². The van der Waals surface area contributed by atoms with Crippen molar-refractivity contribution in [3.05, 3.63) is 23.0 Å². The molecule has 0 bridgehead atoms. The van der Waals surface area contributed by atoms with Crippen LogP contribution < -0.4 is 0 Å². The van der Waals surface area contributed by atoms with Crippen LogP contribution >= 0.6 is 0 Å². The van der Waals surface area contributed by atoms with Gasteiger partial charge in [0.1, 0.15) is 0 Å². The summed E-state index contributed by atoms with van der Waals surface area (Å²) in [6.45, 7) is 4.23. The summed E-state index contributed by atoms with van der Waals surface area (Å²) >= 11 is 0. The number of rotatable bonds is 8. The van der Waals surface area contributed by atoms with Crippen LogP contribution in [0, 0.1) is 5.82 Å². The molecule has 3 heteroatoms. The first-order valence-corrected chi connectivity index (χ1v) is 7.33. The second-order valence-corrected chi connectivity index (χ2v) is 5.11. The molecule has 0 radical (unpaired) electrons. The molecule has 1 aromatic carbocycles. The Kier molecular flexibility index (Phi) is 6.68. The zero-order chi connectivity index (χ0) is 14.3. The third kappa shape index (κ3) is 4.41. The Hall–Kier alpha value is -1.25. The van der Waals surface area contributed by atoms with E-state index in [0.29, 0.717) is 12.0 Å². The molecule has 108 valence electrons. The minimum absolute atomic E-state index is 0.344. The Bertz CT molecular complexity index is 402. The number of aryl methyl sites for hydroxylation is 1. The highest BCUT2D eigenvalue weighted by Gasteiger charge is 2.16. The van der Waals surface area contributed by atoms with Crippen LogP contribution in [0.4, 0.5) is 4.39 Å². The van der Waals surface area contributed by atoms with Crippen LogP contribution in [0.1, 0.15) is 63.5 Å². The van der Waals surface area contributed by atoms with Gasteiger partial charge in [-0.3, -0.25) is 0 Å². The van der Waals surface area contributed by atoms with Crippen molar-refractivity contribution >= 4 is 0 Å². The van der Waals surface area contributed by atoms with Gasteiger partial charge in [0.05, 0.1) is 0 Å². The number of halogens is 1. The quantitative estimate of drug-likeness (QED) is 0.530. The second-order valence-electron chi connectivity index (χ2n) is 5.11. The van der Waals surface area contributed by atoms with E-state index < -0.39 is 11.6 Å². The Labute approximate surface area is 115 Å². The van der Waals surface area contributed by atoms with E-state index in [1.165, 1.54) is 6.07 Å². The molecule has 0 aliphatic heterocycles. The first-order chi connectivity index (χ1) is 9.11. The average Bonchev–Trinajstić information content (AvgIpc) is 2.40. The van der Waals surface area contributed by atoms with Crippen molar-refractivity contribution in [2.45, 2.75) is 65.2 Å². The van der Waals surface area contributed by atoms with Gasteiger partial charge in [-0.05, 0) is 42.9 Å². The Balaban J connectivity index is 2.90. The summed E-state index contributed by atoms with van der Waals surface area (Å²) in [4.78, 5) is 0. The van der Waals surface area contributed by atoms with E-state index in [2.05, 4.69) is 13.8 Å². The predicted molar refractivity (Wildman–Crippen MR) is 76.2 cm³/mol. The number of hydrogen-bond acceptors (Lipinski definition) is 2. The fraction of sp³-hybridized carbons (Fsp3) is 0.625. The molecule has 0 unspecified atom stereocenters. The molecule has 0 aliphatic carbocycles. The van der Waals surface area contributed by atoms with Crippen molar-refractivity contribution in [3.63, 3.8) is 0 Å². The van der Waals surface area contributed by atoms with Crippen molar-refractivity contribution in [2.75, 3.05) is 0 Å². The third-order valence-electron chi connectivity index (χ3n) is 3.49. The van der Waals surface area contributed by atoms with E-state index in [9.17, 15) is 14.6 Å². The first-order valence-electron chi connectivity index (χ1n) is 7.33. The van der Waals surface area contributed by atoms with E-state index in [-0.39, 0.29) is 5.75 Å². The summed E-state index contributed by atoms with van der Waals surface area (Å²) < 4.78 is 14.0. The molecule has 0 saturated carbocycles. The minimum atomic E-state index is -0.636. The van der Waals surface area contributed by atoms with Gasteiger partial charge in [-0.15, -0.1) is 0 Å². The average molecular weight is 268 g/mol. The van der Waals surface area contributed by atoms with Gasteiger partial charge in [0.25, 0.3) is 0 Å². The fourth-order valence-corrected chi connectivity index (χ4v) is 2.33. The monoisotopic (exact) mass is 268 g/mol. The molecule has 0 fully saturated rings. The fourth-order valence-electron chi connectivity index (χ4n) is 2.33. The molecule has 0 saturated heterocycles. The molecule has 19 heavy (non-hydrogen) atoms. The molecule has 1 aromatic rings. The summed E-state index contributed by atoms with van der Waals surface area (Å²) in [5, 5.41) is 19.1. The highest BCUT2D eigenvalue weighted by molar-refractivity contribution is 5.47. The predicted octanol–water partition coefficient (Wildman–Crippen LogP) is 4.70. The summed E-state index contributed by atoms with van der Waals surface area (Å²) in [6.07, 6.45) is 7.64. The van der Waals surface area contributed by atoms with E-state index in [1.54, 1.807) is 0 Å². The summed E-state index contributed by atoms with van der Waals surface area (Å²) in [5.74, 6) is -1.59. The number of hydrogen-bond donors (Lipinski definition) is 2. The van der Waals surface area contributed by atoms with Crippen molar-refractivity contribution in [3.8, 4) is 11.5 Å². The largest absolute Gasteiger partial charge is 0.504 e. The van der Waals surface area contributed by atoms with Gasteiger partial charge in [-0.2, -0.15) is 0 Å². The van der Waals surface area contributed by atoms with Crippen molar-refractivity contribution in [1.82, 2.24) is 0 Å². The third-order valence-corrected chi connectivity index (χ3v) is 3.49. The SMILES string of the molecule is CCCCCc1cc(O)c(O)c(F)c1CCCCC. The van der Waals surface area contributed by atoms with Crippen molar-refractivity contribution in [1.29, 1.82) is 0 Å². The highest BCUT2D eigenvalue weighted by Crippen LogP contribution is 2.34. The molecular formula is C16H25FO2. The van der Waals surface area contributed by atoms with E-state index in [4.69, 9.17) is 0 Å². The van der Waals surface area contributed by atoms with Gasteiger partial charge < -0.3 is 10.2 Å². The zero-order valence-electron chi connectivity index (χ0n) is 12.0. The van der Waals surface area contributed by atoms with Gasteiger partial charge in [-0.1, -0.05) is 39.5 Å². The molecule has 1 rings (SSSR count). The lowest BCUT2D eigenvalue weighted by Crippen LogP contribution is -2.00. The number of aromatic hydroxyl groups is 2. The molecule has 0 spiro atoms. The van der Waals surface area contributed by atoms with Crippen molar-refractivity contribution in [2.24, 2.45) is 0 Å². The molecule has 2 nitrogen and oxygen atoms in total. The van der Waals surface area contributed by atoms with Crippen LogP contribution in [-0.2, 0) is 12.8 Å². The molecule has 2 N–H and O–H groups in total. The highest BCUT2D eigenvalue weighted by atomic mass is 19.1. The summed E-state index contributed by atoms with van der Waals surface area (Å²) in [5.41, 5.74) is 1.43. The Morgan fingerprint density at radius 1 is 0.947 bits per heavy atom. The van der Waals surface area contributed by atoms with Crippen LogP contribution in [0.2, 0.25) is 0 Å². The summed E-state index contributed by atoms with van der Waals surface area (Å²) in [6, 6.07) is 1.52. The zero-order valence-corrected chi connectivity index (χ0v) is 12.0. The molecule has 0 heterocycles. The minimum Gasteiger partial charge on any atom is -0.504 e. The molecular weight excluding hydrogens is 243 g/mol. The molecule has 0 aromatic heterocycles. The van der Waals surface area contributed by atoms with Crippen LogP contribution in [0.5, 0.6) is 11.5 Å². The van der Waals surface area contributed by atoms with Crippen LogP contribution in [0.25, 0.3) is 0 Å². The lowest BCUT2D eigenvalue weighted by atomic mass is 9.95. The van der Waals surface area contributed by atoms with E-state index in [1.807, 2.05) is 0 Å². The number of phenols is 2. The van der Waals surface area contributed by atoms with Gasteiger partial charge in [0.15, 0.2) is 17.3 Å². The smallest absolute Gasteiger partial charge is 0.194 e.